The summed E-state index contributed by atoms with van der Waals surface area (Å²) in [4.78, 5) is 22.5. The molecule has 0 aliphatic heterocycles. The van der Waals surface area contributed by atoms with E-state index >= 15 is 0 Å². The minimum Gasteiger partial charge on any atom is -0.423 e. The Morgan fingerprint density at radius 3 is 2.89 bits per heavy atom. The van der Waals surface area contributed by atoms with Crippen molar-refractivity contribution in [1.82, 2.24) is 5.32 Å². The maximum Gasteiger partial charge on any atom is 0.412 e. The van der Waals surface area contributed by atoms with Gasteiger partial charge in [-0.3, -0.25) is 0 Å². The summed E-state index contributed by atoms with van der Waals surface area (Å²) in [5.74, 6) is 0.335. The van der Waals surface area contributed by atoms with Crippen molar-refractivity contribution in [1.29, 1.82) is 0 Å². The molecule has 1 aromatic heterocycles. The van der Waals surface area contributed by atoms with E-state index in [1.807, 2.05) is 6.92 Å². The van der Waals surface area contributed by atoms with Crippen LogP contribution in [-0.4, -0.2) is 12.6 Å². The number of nitrogens with one attached hydrogen (secondary N) is 1. The van der Waals surface area contributed by atoms with Gasteiger partial charge in [0.1, 0.15) is 11.3 Å². The smallest absolute Gasteiger partial charge is 0.412 e. The van der Waals surface area contributed by atoms with Gasteiger partial charge in [0.25, 0.3) is 0 Å². The van der Waals surface area contributed by atoms with E-state index in [0.29, 0.717) is 17.9 Å². The lowest BCUT2D eigenvalue weighted by molar-refractivity contribution is 0.201. The van der Waals surface area contributed by atoms with Crippen LogP contribution in [0.4, 0.5) is 4.79 Å². The first-order chi connectivity index (χ1) is 8.60. The van der Waals surface area contributed by atoms with E-state index < -0.39 is 11.7 Å². The molecule has 1 heterocycles. The third-order valence-corrected chi connectivity index (χ3v) is 2.45. The van der Waals surface area contributed by atoms with Gasteiger partial charge in [0, 0.05) is 24.1 Å². The number of hydrogen-bond donors (Lipinski definition) is 1. The molecule has 2 aromatic rings. The Bertz CT molecular complexity index is 645. The second-order valence-electron chi connectivity index (χ2n) is 3.83. The second-order valence-corrected chi connectivity index (χ2v) is 3.83. The normalized spacial score (nSPS) is 10.3. The molecule has 18 heavy (non-hydrogen) atoms. The fraction of sp³-hybridized carbons (Fsp3) is 0.231. The minimum atomic E-state index is -0.535. The van der Waals surface area contributed by atoms with Gasteiger partial charge in [-0.1, -0.05) is 0 Å². The van der Waals surface area contributed by atoms with Crippen LogP contribution >= 0.6 is 0 Å². The van der Waals surface area contributed by atoms with Crippen LogP contribution in [0.2, 0.25) is 0 Å². The zero-order valence-electron chi connectivity index (χ0n) is 10.1. The maximum atomic E-state index is 11.3. The van der Waals surface area contributed by atoms with E-state index in [9.17, 15) is 9.59 Å². The van der Waals surface area contributed by atoms with Crippen LogP contribution in [0, 0.1) is 6.92 Å². The Balaban J connectivity index is 2.38. The summed E-state index contributed by atoms with van der Waals surface area (Å²) < 4.78 is 10.1. The minimum absolute atomic E-state index is 0.335. The van der Waals surface area contributed by atoms with Crippen LogP contribution in [-0.2, 0) is 0 Å². The Morgan fingerprint density at radius 1 is 1.39 bits per heavy atom. The lowest BCUT2D eigenvalue weighted by Crippen LogP contribution is -2.26. The molecule has 0 spiro atoms. The summed E-state index contributed by atoms with van der Waals surface area (Å²) in [6.07, 6.45) is -0.535. The van der Waals surface area contributed by atoms with Crippen LogP contribution < -0.4 is 15.7 Å². The molecule has 5 heteroatoms. The Kier molecular flexibility index (Phi) is 3.32. The van der Waals surface area contributed by atoms with E-state index in [1.54, 1.807) is 19.1 Å². The standard InChI is InChI=1S/C13H13NO4/c1-3-14-13(16)17-9-4-5-10-8(2)6-12(15)18-11(10)7-9/h4-7H,3H2,1-2H3,(H,14,16). The van der Waals surface area contributed by atoms with Crippen LogP contribution in [0.15, 0.2) is 33.5 Å². The molecule has 0 atom stereocenters. The quantitative estimate of drug-likeness (QED) is 0.826. The molecule has 1 aromatic carbocycles. The predicted molar refractivity (Wildman–Crippen MR) is 66.9 cm³/mol. The molecule has 5 nitrogen and oxygen atoms in total. The molecular weight excluding hydrogens is 234 g/mol. The average molecular weight is 247 g/mol. The van der Waals surface area contributed by atoms with E-state index in [1.165, 1.54) is 12.1 Å². The van der Waals surface area contributed by atoms with E-state index in [2.05, 4.69) is 5.32 Å². The topological polar surface area (TPSA) is 68.5 Å². The summed E-state index contributed by atoms with van der Waals surface area (Å²) >= 11 is 0. The molecule has 2 rings (SSSR count). The number of ether oxygens (including phenoxy) is 1. The molecule has 0 fully saturated rings. The van der Waals surface area contributed by atoms with Gasteiger partial charge in [0.15, 0.2) is 0 Å². The van der Waals surface area contributed by atoms with Gasteiger partial charge in [-0.05, 0) is 31.5 Å². The first-order valence-corrected chi connectivity index (χ1v) is 5.60. The van der Waals surface area contributed by atoms with Crippen molar-refractivity contribution in [3.05, 3.63) is 40.2 Å². The average Bonchev–Trinajstić information content (AvgIpc) is 2.28. The maximum absolute atomic E-state index is 11.3. The highest BCUT2D eigenvalue weighted by Gasteiger charge is 2.06. The second kappa shape index (κ2) is 4.91. The largest absolute Gasteiger partial charge is 0.423 e. The summed E-state index contributed by atoms with van der Waals surface area (Å²) in [5.41, 5.74) is 0.808. The molecule has 0 unspecified atom stereocenters. The third-order valence-electron chi connectivity index (χ3n) is 2.45. The lowest BCUT2D eigenvalue weighted by Gasteiger charge is -2.06. The van der Waals surface area contributed by atoms with Crippen LogP contribution in [0.5, 0.6) is 5.75 Å². The lowest BCUT2D eigenvalue weighted by atomic mass is 10.1. The molecule has 0 saturated heterocycles. The zero-order chi connectivity index (χ0) is 13.1. The third kappa shape index (κ3) is 2.51. The number of benzene rings is 1. The summed E-state index contributed by atoms with van der Waals surface area (Å²) in [7, 11) is 0. The highest BCUT2D eigenvalue weighted by atomic mass is 16.6. The van der Waals surface area contributed by atoms with Crippen molar-refractivity contribution in [2.24, 2.45) is 0 Å². The molecule has 1 amide bonds. The van der Waals surface area contributed by atoms with Crippen molar-refractivity contribution in [3.63, 3.8) is 0 Å². The number of hydrogen-bond acceptors (Lipinski definition) is 4. The van der Waals surface area contributed by atoms with Crippen LogP contribution in [0.3, 0.4) is 0 Å². The number of carbonyl (C=O) groups is 1. The van der Waals surface area contributed by atoms with Gasteiger partial charge in [-0.15, -0.1) is 0 Å². The SMILES string of the molecule is CCNC(=O)Oc1ccc2c(C)cc(=O)oc2c1. The van der Waals surface area contributed by atoms with Crippen molar-refractivity contribution in [3.8, 4) is 5.75 Å². The number of rotatable bonds is 2. The van der Waals surface area contributed by atoms with Gasteiger partial charge in [0.2, 0.25) is 0 Å². The molecular formula is C13H13NO4. The molecule has 1 N–H and O–H groups in total. The number of carbonyl (C=O) groups excluding carboxylic acids is 1. The molecule has 0 radical (unpaired) electrons. The van der Waals surface area contributed by atoms with Gasteiger partial charge >= 0.3 is 11.7 Å². The molecule has 0 aliphatic carbocycles. The first kappa shape index (κ1) is 12.2. The molecule has 94 valence electrons. The van der Waals surface area contributed by atoms with Crippen LogP contribution in [0.1, 0.15) is 12.5 Å². The fourth-order valence-electron chi connectivity index (χ4n) is 1.66. The molecule has 0 aliphatic rings. The number of aryl methyl sites for hydroxylation is 1. The molecule has 0 bridgehead atoms. The Labute approximate surface area is 103 Å². The highest BCUT2D eigenvalue weighted by molar-refractivity contribution is 5.82. The van der Waals surface area contributed by atoms with E-state index in [4.69, 9.17) is 9.15 Å². The van der Waals surface area contributed by atoms with Crippen LogP contribution in [0.25, 0.3) is 11.0 Å². The van der Waals surface area contributed by atoms with Gasteiger partial charge in [0.05, 0.1) is 0 Å². The highest BCUT2D eigenvalue weighted by Crippen LogP contribution is 2.22. The van der Waals surface area contributed by atoms with Gasteiger partial charge in [-0.2, -0.15) is 0 Å². The van der Waals surface area contributed by atoms with Crippen molar-refractivity contribution >= 4 is 17.1 Å². The van der Waals surface area contributed by atoms with Gasteiger partial charge in [-0.25, -0.2) is 9.59 Å². The summed E-state index contributed by atoms with van der Waals surface area (Å²) in [6, 6.07) is 6.36. The van der Waals surface area contributed by atoms with Gasteiger partial charge < -0.3 is 14.5 Å². The number of amides is 1. The Morgan fingerprint density at radius 2 is 2.17 bits per heavy atom. The predicted octanol–water partition coefficient (Wildman–Crippen LogP) is 2.21. The first-order valence-electron chi connectivity index (χ1n) is 5.60. The Hall–Kier alpha value is -2.30. The fourth-order valence-corrected chi connectivity index (χ4v) is 1.66. The van der Waals surface area contributed by atoms with Crippen molar-refractivity contribution in [2.45, 2.75) is 13.8 Å². The zero-order valence-corrected chi connectivity index (χ0v) is 10.1. The van der Waals surface area contributed by atoms with Crippen molar-refractivity contribution in [2.75, 3.05) is 6.54 Å². The van der Waals surface area contributed by atoms with E-state index in [0.717, 1.165) is 10.9 Å². The summed E-state index contributed by atoms with van der Waals surface area (Å²) in [5, 5.41) is 3.33. The monoisotopic (exact) mass is 247 g/mol. The number of fused-ring (bicyclic) bond motifs is 1. The summed E-state index contributed by atoms with van der Waals surface area (Å²) in [6.45, 7) is 4.11. The van der Waals surface area contributed by atoms with Crippen molar-refractivity contribution < 1.29 is 13.9 Å². The van der Waals surface area contributed by atoms with E-state index in [-0.39, 0.29) is 0 Å². The molecule has 0 saturated carbocycles.